The summed E-state index contributed by atoms with van der Waals surface area (Å²) < 4.78 is 26.9. The smallest absolute Gasteiger partial charge is 0.150 e. The number of halogens is 2. The molecule has 0 aliphatic heterocycles. The highest BCUT2D eigenvalue weighted by Gasteiger charge is 2.09. The van der Waals surface area contributed by atoms with Crippen molar-refractivity contribution in [3.05, 3.63) is 65.2 Å². The van der Waals surface area contributed by atoms with Crippen molar-refractivity contribution in [1.82, 2.24) is 0 Å². The first-order chi connectivity index (χ1) is 9.10. The summed E-state index contributed by atoms with van der Waals surface area (Å²) in [6, 6.07) is 10.4. The zero-order valence-corrected chi connectivity index (χ0v) is 10.4. The highest BCUT2D eigenvalue weighted by molar-refractivity contribution is 5.75. The van der Waals surface area contributed by atoms with E-state index in [2.05, 4.69) is 0 Å². The minimum absolute atomic E-state index is 0.292. The Hall–Kier alpha value is -2.23. The minimum atomic E-state index is -0.469. The maximum Gasteiger partial charge on any atom is 0.150 e. The van der Waals surface area contributed by atoms with Gasteiger partial charge in [0, 0.05) is 19.2 Å². The fourth-order valence-electron chi connectivity index (χ4n) is 1.90. The van der Waals surface area contributed by atoms with E-state index in [0.717, 1.165) is 5.56 Å². The third-order valence-electron chi connectivity index (χ3n) is 2.83. The Morgan fingerprint density at radius 3 is 2.58 bits per heavy atom. The fraction of sp³-hybridized carbons (Fsp3) is 0.133. The van der Waals surface area contributed by atoms with Crippen molar-refractivity contribution in [2.45, 2.75) is 6.54 Å². The molecule has 0 aliphatic rings. The van der Waals surface area contributed by atoms with Gasteiger partial charge < -0.3 is 4.90 Å². The lowest BCUT2D eigenvalue weighted by molar-refractivity contribution is 0.112. The maximum atomic E-state index is 13.8. The van der Waals surface area contributed by atoms with Crippen LogP contribution in [-0.2, 0) is 6.54 Å². The largest absolute Gasteiger partial charge is 0.368 e. The van der Waals surface area contributed by atoms with E-state index in [1.54, 1.807) is 36.2 Å². The molecule has 0 N–H and O–H groups in total. The van der Waals surface area contributed by atoms with Crippen LogP contribution >= 0.6 is 0 Å². The Bertz CT molecular complexity index is 598. The Morgan fingerprint density at radius 2 is 1.95 bits per heavy atom. The summed E-state index contributed by atoms with van der Waals surface area (Å²) in [5.74, 6) is -0.786. The second-order valence-corrected chi connectivity index (χ2v) is 4.31. The summed E-state index contributed by atoms with van der Waals surface area (Å²) in [4.78, 5) is 12.2. The number of hydrogen-bond donors (Lipinski definition) is 0. The predicted octanol–water partition coefficient (Wildman–Crippen LogP) is 3.41. The van der Waals surface area contributed by atoms with E-state index in [0.29, 0.717) is 24.1 Å². The van der Waals surface area contributed by atoms with E-state index in [1.807, 2.05) is 0 Å². The SMILES string of the molecule is CN(Cc1cccc(F)c1)c1ccc(C=O)cc1F. The van der Waals surface area contributed by atoms with Crippen LogP contribution < -0.4 is 4.90 Å². The summed E-state index contributed by atoms with van der Waals surface area (Å²) in [5.41, 5.74) is 1.41. The lowest BCUT2D eigenvalue weighted by atomic mass is 10.1. The van der Waals surface area contributed by atoms with E-state index in [9.17, 15) is 13.6 Å². The van der Waals surface area contributed by atoms with Gasteiger partial charge in [-0.3, -0.25) is 4.79 Å². The quantitative estimate of drug-likeness (QED) is 0.786. The van der Waals surface area contributed by atoms with Gasteiger partial charge >= 0.3 is 0 Å². The Kier molecular flexibility index (Phi) is 3.90. The molecule has 2 rings (SSSR count). The van der Waals surface area contributed by atoms with Crippen molar-refractivity contribution >= 4 is 12.0 Å². The molecule has 2 nitrogen and oxygen atoms in total. The first-order valence-electron chi connectivity index (χ1n) is 5.80. The number of aldehydes is 1. The van der Waals surface area contributed by atoms with Gasteiger partial charge in [0.15, 0.2) is 0 Å². The van der Waals surface area contributed by atoms with Crippen molar-refractivity contribution in [2.24, 2.45) is 0 Å². The topological polar surface area (TPSA) is 20.3 Å². The van der Waals surface area contributed by atoms with E-state index in [1.165, 1.54) is 18.2 Å². The monoisotopic (exact) mass is 261 g/mol. The number of benzene rings is 2. The Morgan fingerprint density at radius 1 is 1.16 bits per heavy atom. The van der Waals surface area contributed by atoms with Crippen LogP contribution in [0.15, 0.2) is 42.5 Å². The minimum Gasteiger partial charge on any atom is -0.368 e. The third kappa shape index (κ3) is 3.16. The molecule has 0 fully saturated rings. The molecular weight excluding hydrogens is 248 g/mol. The van der Waals surface area contributed by atoms with Gasteiger partial charge in [-0.25, -0.2) is 8.78 Å². The van der Waals surface area contributed by atoms with E-state index in [-0.39, 0.29) is 5.82 Å². The first-order valence-corrected chi connectivity index (χ1v) is 5.80. The Balaban J connectivity index is 2.20. The van der Waals surface area contributed by atoms with Gasteiger partial charge in [0.2, 0.25) is 0 Å². The number of carbonyl (C=O) groups is 1. The molecule has 0 saturated carbocycles. The van der Waals surface area contributed by atoms with Gasteiger partial charge in [-0.15, -0.1) is 0 Å². The molecule has 98 valence electrons. The molecule has 0 amide bonds. The second kappa shape index (κ2) is 5.61. The fourth-order valence-corrected chi connectivity index (χ4v) is 1.90. The summed E-state index contributed by atoms with van der Waals surface area (Å²) in [6.45, 7) is 0.384. The van der Waals surface area contributed by atoms with Gasteiger partial charge in [-0.2, -0.15) is 0 Å². The number of nitrogens with zero attached hydrogens (tertiary/aromatic N) is 1. The van der Waals surface area contributed by atoms with Gasteiger partial charge in [-0.05, 0) is 35.9 Å². The van der Waals surface area contributed by atoms with Crippen LogP contribution in [0.3, 0.4) is 0 Å². The van der Waals surface area contributed by atoms with Crippen LogP contribution in [0.1, 0.15) is 15.9 Å². The molecular formula is C15H13F2NO. The lowest BCUT2D eigenvalue weighted by Gasteiger charge is -2.20. The molecule has 0 saturated heterocycles. The standard InChI is InChI=1S/C15H13F2NO/c1-18(9-11-3-2-4-13(16)7-11)15-6-5-12(10-19)8-14(15)17/h2-8,10H,9H2,1H3. The lowest BCUT2D eigenvalue weighted by Crippen LogP contribution is -2.17. The Labute approximate surface area is 110 Å². The van der Waals surface area contributed by atoms with Crippen LogP contribution in [0.2, 0.25) is 0 Å². The molecule has 0 unspecified atom stereocenters. The van der Waals surface area contributed by atoms with Gasteiger partial charge in [-0.1, -0.05) is 12.1 Å². The van der Waals surface area contributed by atoms with Gasteiger partial charge in [0.1, 0.15) is 17.9 Å². The van der Waals surface area contributed by atoms with Crippen molar-refractivity contribution < 1.29 is 13.6 Å². The van der Waals surface area contributed by atoms with Gasteiger partial charge in [0.25, 0.3) is 0 Å². The molecule has 19 heavy (non-hydrogen) atoms. The molecule has 0 bridgehead atoms. The van der Waals surface area contributed by atoms with Crippen molar-refractivity contribution in [2.75, 3.05) is 11.9 Å². The number of carbonyl (C=O) groups excluding carboxylic acids is 1. The zero-order valence-electron chi connectivity index (χ0n) is 10.4. The molecule has 0 atom stereocenters. The molecule has 2 aromatic carbocycles. The number of rotatable bonds is 4. The third-order valence-corrected chi connectivity index (χ3v) is 2.83. The van der Waals surface area contributed by atoms with Crippen molar-refractivity contribution in [3.63, 3.8) is 0 Å². The molecule has 2 aromatic rings. The molecule has 0 aliphatic carbocycles. The molecule has 0 radical (unpaired) electrons. The molecule has 0 aromatic heterocycles. The van der Waals surface area contributed by atoms with Crippen LogP contribution in [0.4, 0.5) is 14.5 Å². The predicted molar refractivity (Wildman–Crippen MR) is 70.3 cm³/mol. The van der Waals surface area contributed by atoms with E-state index in [4.69, 9.17) is 0 Å². The van der Waals surface area contributed by atoms with Crippen LogP contribution in [0.5, 0.6) is 0 Å². The average molecular weight is 261 g/mol. The average Bonchev–Trinajstić information content (AvgIpc) is 2.38. The molecule has 0 spiro atoms. The normalized spacial score (nSPS) is 10.3. The van der Waals surface area contributed by atoms with Crippen LogP contribution in [0.25, 0.3) is 0 Å². The van der Waals surface area contributed by atoms with Crippen molar-refractivity contribution in [3.8, 4) is 0 Å². The molecule has 0 heterocycles. The maximum absolute atomic E-state index is 13.8. The molecule has 4 heteroatoms. The van der Waals surface area contributed by atoms with Gasteiger partial charge in [0.05, 0.1) is 5.69 Å². The number of hydrogen-bond acceptors (Lipinski definition) is 2. The van der Waals surface area contributed by atoms with E-state index < -0.39 is 5.82 Å². The number of anilines is 1. The van der Waals surface area contributed by atoms with Crippen molar-refractivity contribution in [1.29, 1.82) is 0 Å². The highest BCUT2D eigenvalue weighted by Crippen LogP contribution is 2.20. The van der Waals surface area contributed by atoms with E-state index >= 15 is 0 Å². The van der Waals surface area contributed by atoms with Crippen LogP contribution in [0, 0.1) is 11.6 Å². The van der Waals surface area contributed by atoms with Crippen LogP contribution in [-0.4, -0.2) is 13.3 Å². The summed E-state index contributed by atoms with van der Waals surface area (Å²) in [7, 11) is 1.71. The first kappa shape index (κ1) is 13.2. The summed E-state index contributed by atoms with van der Waals surface area (Å²) in [6.07, 6.45) is 0.597. The highest BCUT2D eigenvalue weighted by atomic mass is 19.1. The summed E-state index contributed by atoms with van der Waals surface area (Å²) in [5, 5.41) is 0. The zero-order chi connectivity index (χ0) is 13.8. The summed E-state index contributed by atoms with van der Waals surface area (Å²) >= 11 is 0. The second-order valence-electron chi connectivity index (χ2n) is 4.31.